The minimum Gasteiger partial charge on any atom is -0.353 e. The van der Waals surface area contributed by atoms with E-state index in [1.54, 1.807) is 0 Å². The molecule has 0 saturated carbocycles. The smallest absolute Gasteiger partial charge is 0.158 e. The van der Waals surface area contributed by atoms with Gasteiger partial charge < -0.3 is 9.47 Å². The Labute approximate surface area is 114 Å². The standard InChI is InChI=1S/C14H20O4S/c1-12-4-2-5-13(10-12)11-19(15,16)9-6-14-17-7-3-8-18-14/h2,4-5,10,14H,3,6-9,11H2,1H3. The van der Waals surface area contributed by atoms with Gasteiger partial charge >= 0.3 is 0 Å². The summed E-state index contributed by atoms with van der Waals surface area (Å²) in [6.45, 7) is 3.27. The van der Waals surface area contributed by atoms with E-state index >= 15 is 0 Å². The summed E-state index contributed by atoms with van der Waals surface area (Å²) in [5.41, 5.74) is 1.91. The van der Waals surface area contributed by atoms with E-state index in [2.05, 4.69) is 0 Å². The lowest BCUT2D eigenvalue weighted by Crippen LogP contribution is -2.27. The van der Waals surface area contributed by atoms with E-state index in [0.29, 0.717) is 19.6 Å². The van der Waals surface area contributed by atoms with Crippen LogP contribution in [-0.2, 0) is 25.1 Å². The van der Waals surface area contributed by atoms with Gasteiger partial charge in [0.15, 0.2) is 16.1 Å². The fraction of sp³-hybridized carbons (Fsp3) is 0.571. The van der Waals surface area contributed by atoms with Crippen LogP contribution >= 0.6 is 0 Å². The number of benzene rings is 1. The molecule has 0 aliphatic carbocycles. The fourth-order valence-electron chi connectivity index (χ4n) is 2.11. The Kier molecular flexibility index (Phi) is 4.96. The van der Waals surface area contributed by atoms with Gasteiger partial charge in [-0.1, -0.05) is 29.8 Å². The lowest BCUT2D eigenvalue weighted by atomic mass is 10.2. The normalized spacial score (nSPS) is 17.5. The van der Waals surface area contributed by atoms with E-state index in [0.717, 1.165) is 17.5 Å². The Morgan fingerprint density at radius 3 is 2.68 bits per heavy atom. The van der Waals surface area contributed by atoms with Crippen molar-refractivity contribution in [2.75, 3.05) is 19.0 Å². The first-order valence-electron chi connectivity index (χ1n) is 6.54. The van der Waals surface area contributed by atoms with Gasteiger partial charge in [0.05, 0.1) is 24.7 Å². The molecule has 106 valence electrons. The average molecular weight is 284 g/mol. The molecule has 1 saturated heterocycles. The third kappa shape index (κ3) is 4.93. The maximum absolute atomic E-state index is 12.0. The average Bonchev–Trinajstić information content (AvgIpc) is 2.37. The summed E-state index contributed by atoms with van der Waals surface area (Å²) in [6, 6.07) is 7.59. The van der Waals surface area contributed by atoms with E-state index in [4.69, 9.17) is 9.47 Å². The van der Waals surface area contributed by atoms with Crippen LogP contribution in [0.15, 0.2) is 24.3 Å². The number of ether oxygens (including phenoxy) is 2. The van der Waals surface area contributed by atoms with Gasteiger partial charge in [0.1, 0.15) is 0 Å². The summed E-state index contributed by atoms with van der Waals surface area (Å²) in [7, 11) is -3.11. The summed E-state index contributed by atoms with van der Waals surface area (Å²) in [6.07, 6.45) is 0.932. The molecule has 0 atom stereocenters. The lowest BCUT2D eigenvalue weighted by Gasteiger charge is -2.22. The Balaban J connectivity index is 1.87. The summed E-state index contributed by atoms with van der Waals surface area (Å²) in [5.74, 6) is 0.188. The van der Waals surface area contributed by atoms with E-state index in [1.807, 2.05) is 31.2 Å². The van der Waals surface area contributed by atoms with Crippen LogP contribution in [0.1, 0.15) is 24.0 Å². The third-order valence-electron chi connectivity index (χ3n) is 3.03. The Morgan fingerprint density at radius 2 is 2.00 bits per heavy atom. The number of aryl methyl sites for hydroxylation is 1. The van der Waals surface area contributed by atoms with Crippen molar-refractivity contribution in [3.63, 3.8) is 0 Å². The molecule has 0 radical (unpaired) electrons. The highest BCUT2D eigenvalue weighted by Gasteiger charge is 2.19. The van der Waals surface area contributed by atoms with Crippen LogP contribution in [-0.4, -0.2) is 33.7 Å². The van der Waals surface area contributed by atoms with E-state index in [9.17, 15) is 8.42 Å². The molecule has 0 spiro atoms. The Hall–Kier alpha value is -0.910. The van der Waals surface area contributed by atoms with Crippen LogP contribution in [0.2, 0.25) is 0 Å². The molecule has 1 aromatic carbocycles. The van der Waals surface area contributed by atoms with Gasteiger partial charge in [-0.2, -0.15) is 0 Å². The van der Waals surface area contributed by atoms with Crippen molar-refractivity contribution in [1.29, 1.82) is 0 Å². The molecule has 0 N–H and O–H groups in total. The topological polar surface area (TPSA) is 52.6 Å². The van der Waals surface area contributed by atoms with E-state index in [-0.39, 0.29) is 17.8 Å². The zero-order valence-corrected chi connectivity index (χ0v) is 12.0. The second-order valence-corrected chi connectivity index (χ2v) is 7.08. The summed E-state index contributed by atoms with van der Waals surface area (Å²) < 4.78 is 34.8. The maximum atomic E-state index is 12.0. The van der Waals surface area contributed by atoms with Crippen molar-refractivity contribution in [1.82, 2.24) is 0 Å². The Bertz CT molecular complexity index is 504. The zero-order chi connectivity index (χ0) is 13.7. The van der Waals surface area contributed by atoms with Crippen LogP contribution in [0.5, 0.6) is 0 Å². The predicted octanol–water partition coefficient (Wildman–Crippen LogP) is 2.06. The van der Waals surface area contributed by atoms with Crippen molar-refractivity contribution in [2.24, 2.45) is 0 Å². The number of rotatable bonds is 5. The number of sulfone groups is 1. The van der Waals surface area contributed by atoms with Crippen molar-refractivity contribution in [3.05, 3.63) is 35.4 Å². The summed E-state index contributed by atoms with van der Waals surface area (Å²) in [5, 5.41) is 0. The van der Waals surface area contributed by atoms with Crippen LogP contribution in [0, 0.1) is 6.92 Å². The highest BCUT2D eigenvalue weighted by atomic mass is 32.2. The number of hydrogen-bond acceptors (Lipinski definition) is 4. The van der Waals surface area contributed by atoms with Crippen molar-refractivity contribution in [2.45, 2.75) is 31.8 Å². The monoisotopic (exact) mass is 284 g/mol. The highest BCUT2D eigenvalue weighted by Crippen LogP contribution is 2.13. The zero-order valence-electron chi connectivity index (χ0n) is 11.2. The molecule has 5 heteroatoms. The molecule has 0 amide bonds. The van der Waals surface area contributed by atoms with Gasteiger partial charge in [-0.05, 0) is 18.9 Å². The van der Waals surface area contributed by atoms with Crippen LogP contribution in [0.4, 0.5) is 0 Å². The van der Waals surface area contributed by atoms with Gasteiger partial charge in [-0.3, -0.25) is 0 Å². The molecule has 1 aliphatic rings. The molecule has 0 unspecified atom stereocenters. The van der Waals surface area contributed by atoms with Gasteiger partial charge in [0, 0.05) is 6.42 Å². The largest absolute Gasteiger partial charge is 0.353 e. The molecule has 0 bridgehead atoms. The minimum atomic E-state index is -3.11. The molecule has 1 aromatic rings. The van der Waals surface area contributed by atoms with Crippen LogP contribution < -0.4 is 0 Å². The second kappa shape index (κ2) is 6.50. The molecule has 4 nitrogen and oxygen atoms in total. The van der Waals surface area contributed by atoms with E-state index < -0.39 is 9.84 Å². The first-order chi connectivity index (χ1) is 9.05. The second-order valence-electron chi connectivity index (χ2n) is 4.89. The highest BCUT2D eigenvalue weighted by molar-refractivity contribution is 7.90. The Morgan fingerprint density at radius 1 is 1.26 bits per heavy atom. The van der Waals surface area contributed by atoms with Crippen molar-refractivity contribution in [3.8, 4) is 0 Å². The first kappa shape index (κ1) is 14.5. The van der Waals surface area contributed by atoms with Gasteiger partial charge in [0.25, 0.3) is 0 Å². The molecule has 2 rings (SSSR count). The maximum Gasteiger partial charge on any atom is 0.158 e. The van der Waals surface area contributed by atoms with Gasteiger partial charge in [-0.15, -0.1) is 0 Å². The lowest BCUT2D eigenvalue weighted by molar-refractivity contribution is -0.178. The molecule has 0 aromatic heterocycles. The SMILES string of the molecule is Cc1cccc(CS(=O)(=O)CCC2OCCCO2)c1. The first-order valence-corrected chi connectivity index (χ1v) is 8.36. The fourth-order valence-corrected chi connectivity index (χ4v) is 3.49. The molecule has 1 fully saturated rings. The van der Waals surface area contributed by atoms with Crippen molar-refractivity contribution < 1.29 is 17.9 Å². The van der Waals surface area contributed by atoms with Crippen LogP contribution in [0.25, 0.3) is 0 Å². The molecule has 1 aliphatic heterocycles. The van der Waals surface area contributed by atoms with Crippen molar-refractivity contribution >= 4 is 9.84 Å². The number of hydrogen-bond donors (Lipinski definition) is 0. The minimum absolute atomic E-state index is 0.0847. The molecule has 1 heterocycles. The molecular weight excluding hydrogens is 264 g/mol. The summed E-state index contributed by atoms with van der Waals surface area (Å²) in [4.78, 5) is 0. The third-order valence-corrected chi connectivity index (χ3v) is 4.66. The molecule has 19 heavy (non-hydrogen) atoms. The van der Waals surface area contributed by atoms with Gasteiger partial charge in [0.2, 0.25) is 0 Å². The van der Waals surface area contributed by atoms with Gasteiger partial charge in [-0.25, -0.2) is 8.42 Å². The van der Waals surface area contributed by atoms with Crippen LogP contribution in [0.3, 0.4) is 0 Å². The van der Waals surface area contributed by atoms with E-state index in [1.165, 1.54) is 0 Å². The molecular formula is C14H20O4S. The summed E-state index contributed by atoms with van der Waals surface area (Å²) >= 11 is 0. The quantitative estimate of drug-likeness (QED) is 0.830. The predicted molar refractivity (Wildman–Crippen MR) is 73.6 cm³/mol.